The Hall–Kier alpha value is -2.24. The Morgan fingerprint density at radius 2 is 2.04 bits per heavy atom. The van der Waals surface area contributed by atoms with Gasteiger partial charge < -0.3 is 4.90 Å². The van der Waals surface area contributed by atoms with Crippen molar-refractivity contribution in [2.75, 3.05) is 13.1 Å². The summed E-state index contributed by atoms with van der Waals surface area (Å²) >= 11 is 0. The van der Waals surface area contributed by atoms with E-state index in [0.717, 1.165) is 55.3 Å². The Labute approximate surface area is 136 Å². The number of hydrogen-bond acceptors (Lipinski definition) is 4. The number of amides is 1. The highest BCUT2D eigenvalue weighted by atomic mass is 16.2. The van der Waals surface area contributed by atoms with Crippen molar-refractivity contribution >= 4 is 5.91 Å². The second kappa shape index (κ2) is 6.48. The lowest BCUT2D eigenvalue weighted by Crippen LogP contribution is -2.37. The number of carbonyl (C=O) groups is 1. The van der Waals surface area contributed by atoms with Crippen LogP contribution in [0.3, 0.4) is 0 Å². The maximum Gasteiger partial charge on any atom is 0.219 e. The maximum atomic E-state index is 11.4. The zero-order chi connectivity index (χ0) is 16.4. The minimum atomic E-state index is 0.175. The van der Waals surface area contributed by atoms with Crippen LogP contribution in [-0.4, -0.2) is 43.6 Å². The van der Waals surface area contributed by atoms with E-state index >= 15 is 0 Å². The zero-order valence-electron chi connectivity index (χ0n) is 14.0. The average molecular weight is 313 g/mol. The van der Waals surface area contributed by atoms with E-state index in [1.165, 1.54) is 0 Å². The molecule has 0 atom stereocenters. The number of carbonyl (C=O) groups excluding carboxylic acids is 1. The third-order valence-electron chi connectivity index (χ3n) is 4.51. The van der Waals surface area contributed by atoms with Crippen LogP contribution in [0.4, 0.5) is 0 Å². The van der Waals surface area contributed by atoms with Gasteiger partial charge in [-0.15, -0.1) is 0 Å². The number of piperidine rings is 1. The summed E-state index contributed by atoms with van der Waals surface area (Å²) in [5.74, 6) is 1.61. The molecule has 3 rings (SSSR count). The molecule has 1 aliphatic heterocycles. The number of aromatic nitrogens is 4. The lowest BCUT2D eigenvalue weighted by molar-refractivity contribution is -0.130. The van der Waals surface area contributed by atoms with Gasteiger partial charge in [-0.25, -0.2) is 9.97 Å². The molecule has 1 fully saturated rings. The highest BCUT2D eigenvalue weighted by Crippen LogP contribution is 2.22. The van der Waals surface area contributed by atoms with Crippen molar-refractivity contribution in [2.24, 2.45) is 13.0 Å². The van der Waals surface area contributed by atoms with Crippen LogP contribution in [0.15, 0.2) is 18.3 Å². The first-order valence-electron chi connectivity index (χ1n) is 8.11. The minimum Gasteiger partial charge on any atom is -0.343 e. The zero-order valence-corrected chi connectivity index (χ0v) is 14.0. The van der Waals surface area contributed by atoms with Gasteiger partial charge in [-0.3, -0.25) is 9.48 Å². The van der Waals surface area contributed by atoms with Gasteiger partial charge >= 0.3 is 0 Å². The fraction of sp³-hybridized carbons (Fsp3) is 0.529. The molecule has 0 unspecified atom stereocenters. The van der Waals surface area contributed by atoms with E-state index in [2.05, 4.69) is 10.1 Å². The van der Waals surface area contributed by atoms with Crippen LogP contribution in [0.1, 0.15) is 31.3 Å². The molecule has 0 spiro atoms. The topological polar surface area (TPSA) is 63.9 Å². The van der Waals surface area contributed by atoms with Gasteiger partial charge in [-0.05, 0) is 37.8 Å². The second-order valence-corrected chi connectivity index (χ2v) is 6.30. The summed E-state index contributed by atoms with van der Waals surface area (Å²) in [5.41, 5.74) is 2.91. The van der Waals surface area contributed by atoms with E-state index in [0.29, 0.717) is 5.92 Å². The summed E-state index contributed by atoms with van der Waals surface area (Å²) in [4.78, 5) is 22.7. The summed E-state index contributed by atoms with van der Waals surface area (Å²) in [7, 11) is 1.92. The first-order valence-corrected chi connectivity index (χ1v) is 8.11. The molecule has 1 aliphatic rings. The number of rotatable bonds is 3. The normalized spacial score (nSPS) is 15.9. The van der Waals surface area contributed by atoms with Crippen LogP contribution in [0.2, 0.25) is 0 Å². The standard InChI is InChI=1S/C17H23N5O/c1-12-10-15(16-4-7-18-21(16)3)20-17(19-12)11-14-5-8-22(9-6-14)13(2)23/h4,7,10,14H,5-6,8-9,11H2,1-3H3. The molecule has 0 radical (unpaired) electrons. The van der Waals surface area contributed by atoms with Gasteiger partial charge in [0.05, 0.1) is 11.4 Å². The molecule has 122 valence electrons. The van der Waals surface area contributed by atoms with Crippen molar-refractivity contribution in [3.63, 3.8) is 0 Å². The highest BCUT2D eigenvalue weighted by molar-refractivity contribution is 5.73. The SMILES string of the molecule is CC(=O)N1CCC(Cc2nc(C)cc(-c3ccnn3C)n2)CC1. The van der Waals surface area contributed by atoms with E-state index in [4.69, 9.17) is 4.98 Å². The van der Waals surface area contributed by atoms with Crippen LogP contribution in [0.5, 0.6) is 0 Å². The van der Waals surface area contributed by atoms with Crippen LogP contribution < -0.4 is 0 Å². The minimum absolute atomic E-state index is 0.175. The molecule has 2 aromatic rings. The number of nitrogens with zero attached hydrogens (tertiary/aromatic N) is 5. The van der Waals surface area contributed by atoms with Crippen LogP contribution >= 0.6 is 0 Å². The van der Waals surface area contributed by atoms with Crippen molar-refractivity contribution in [1.82, 2.24) is 24.6 Å². The van der Waals surface area contributed by atoms with Crippen molar-refractivity contribution in [2.45, 2.75) is 33.1 Å². The molecule has 3 heterocycles. The third-order valence-corrected chi connectivity index (χ3v) is 4.51. The van der Waals surface area contributed by atoms with Crippen LogP contribution in [0, 0.1) is 12.8 Å². The van der Waals surface area contributed by atoms with Gasteiger partial charge in [-0.1, -0.05) is 0 Å². The molecule has 0 saturated carbocycles. The molecule has 0 N–H and O–H groups in total. The number of hydrogen-bond donors (Lipinski definition) is 0. The predicted octanol–water partition coefficient (Wildman–Crippen LogP) is 1.99. The Morgan fingerprint density at radius 1 is 1.30 bits per heavy atom. The van der Waals surface area contributed by atoms with E-state index < -0.39 is 0 Å². The van der Waals surface area contributed by atoms with E-state index in [-0.39, 0.29) is 5.91 Å². The highest BCUT2D eigenvalue weighted by Gasteiger charge is 2.22. The van der Waals surface area contributed by atoms with Gasteiger partial charge in [0, 0.05) is 45.4 Å². The molecule has 2 aromatic heterocycles. The Balaban J connectivity index is 1.73. The molecule has 0 aromatic carbocycles. The first kappa shape index (κ1) is 15.6. The maximum absolute atomic E-state index is 11.4. The van der Waals surface area contributed by atoms with Crippen molar-refractivity contribution in [3.8, 4) is 11.4 Å². The van der Waals surface area contributed by atoms with Crippen LogP contribution in [-0.2, 0) is 18.3 Å². The van der Waals surface area contributed by atoms with Gasteiger partial charge in [0.2, 0.25) is 5.91 Å². The van der Waals surface area contributed by atoms with Crippen molar-refractivity contribution in [1.29, 1.82) is 0 Å². The van der Waals surface area contributed by atoms with Crippen molar-refractivity contribution in [3.05, 3.63) is 29.8 Å². The average Bonchev–Trinajstić information content (AvgIpc) is 2.93. The van der Waals surface area contributed by atoms with Crippen molar-refractivity contribution < 1.29 is 4.79 Å². The Morgan fingerprint density at radius 3 is 2.65 bits per heavy atom. The quantitative estimate of drug-likeness (QED) is 0.869. The largest absolute Gasteiger partial charge is 0.343 e. The van der Waals surface area contributed by atoms with E-state index in [9.17, 15) is 4.79 Å². The molecule has 6 nitrogen and oxygen atoms in total. The summed E-state index contributed by atoms with van der Waals surface area (Å²) in [6.07, 6.45) is 4.71. The summed E-state index contributed by atoms with van der Waals surface area (Å²) in [6.45, 7) is 5.34. The number of likely N-dealkylation sites (tertiary alicyclic amines) is 1. The van der Waals surface area contributed by atoms with Crippen LogP contribution in [0.25, 0.3) is 11.4 Å². The molecule has 0 bridgehead atoms. The van der Waals surface area contributed by atoms with Gasteiger partial charge in [0.25, 0.3) is 0 Å². The molecular weight excluding hydrogens is 290 g/mol. The summed E-state index contributed by atoms with van der Waals surface area (Å²) in [6, 6.07) is 3.97. The number of aryl methyl sites for hydroxylation is 2. The van der Waals surface area contributed by atoms with Gasteiger partial charge in [0.1, 0.15) is 5.82 Å². The summed E-state index contributed by atoms with van der Waals surface area (Å²) < 4.78 is 1.83. The molecule has 23 heavy (non-hydrogen) atoms. The summed E-state index contributed by atoms with van der Waals surface area (Å²) in [5, 5.41) is 4.21. The fourth-order valence-corrected chi connectivity index (χ4v) is 3.19. The van der Waals surface area contributed by atoms with E-state index in [1.807, 2.05) is 35.7 Å². The van der Waals surface area contributed by atoms with Gasteiger partial charge in [-0.2, -0.15) is 5.10 Å². The molecule has 1 saturated heterocycles. The Kier molecular flexibility index (Phi) is 4.41. The lowest BCUT2D eigenvalue weighted by Gasteiger charge is -2.31. The third kappa shape index (κ3) is 3.57. The fourth-order valence-electron chi connectivity index (χ4n) is 3.19. The molecule has 1 amide bonds. The molecule has 6 heteroatoms. The predicted molar refractivity (Wildman–Crippen MR) is 87.7 cm³/mol. The van der Waals surface area contributed by atoms with E-state index in [1.54, 1.807) is 13.1 Å². The Bertz CT molecular complexity index is 701. The lowest BCUT2D eigenvalue weighted by atomic mass is 9.93. The second-order valence-electron chi connectivity index (χ2n) is 6.30. The molecule has 0 aliphatic carbocycles. The smallest absolute Gasteiger partial charge is 0.219 e. The van der Waals surface area contributed by atoms with Gasteiger partial charge in [0.15, 0.2) is 0 Å². The monoisotopic (exact) mass is 313 g/mol. The molecular formula is C17H23N5O. The first-order chi connectivity index (χ1) is 11.0.